The Bertz CT molecular complexity index is 614. The molecule has 2 aromatic rings. The van der Waals surface area contributed by atoms with Crippen molar-refractivity contribution in [2.45, 2.75) is 26.7 Å². The molecule has 2 aromatic carbocycles. The Kier molecular flexibility index (Phi) is 3.79. The zero-order chi connectivity index (χ0) is 14.0. The second-order valence-corrected chi connectivity index (χ2v) is 5.09. The number of fused-ring (bicyclic) bond motifs is 1. The molecule has 0 bridgehead atoms. The van der Waals surface area contributed by atoms with Crippen molar-refractivity contribution in [1.29, 1.82) is 0 Å². The van der Waals surface area contributed by atoms with Gasteiger partial charge in [-0.1, -0.05) is 49.4 Å². The van der Waals surface area contributed by atoms with E-state index < -0.39 is 5.92 Å². The van der Waals surface area contributed by atoms with Crippen molar-refractivity contribution in [1.82, 2.24) is 0 Å². The number of ketones is 2. The Morgan fingerprint density at radius 3 is 2.05 bits per heavy atom. The summed E-state index contributed by atoms with van der Waals surface area (Å²) in [5.41, 5.74) is 1.04. The molecule has 0 spiro atoms. The van der Waals surface area contributed by atoms with Crippen molar-refractivity contribution in [3.05, 3.63) is 48.0 Å². The molecule has 0 N–H and O–H groups in total. The monoisotopic (exact) mass is 254 g/mol. The molecule has 0 aliphatic heterocycles. The third kappa shape index (κ3) is 2.73. The van der Waals surface area contributed by atoms with E-state index in [1.165, 1.54) is 19.2 Å². The highest BCUT2D eigenvalue weighted by Gasteiger charge is 2.27. The maximum absolute atomic E-state index is 11.6. The normalized spacial score (nSPS) is 12.6. The van der Waals surface area contributed by atoms with E-state index in [1.54, 1.807) is 0 Å². The van der Waals surface area contributed by atoms with Crippen LogP contribution in [0.2, 0.25) is 0 Å². The van der Waals surface area contributed by atoms with Crippen LogP contribution in [-0.4, -0.2) is 11.6 Å². The van der Waals surface area contributed by atoms with Gasteiger partial charge in [0.25, 0.3) is 0 Å². The summed E-state index contributed by atoms with van der Waals surface area (Å²) in [6, 6.07) is 14.2. The van der Waals surface area contributed by atoms with Crippen molar-refractivity contribution in [3.63, 3.8) is 0 Å². The molecule has 2 heteroatoms. The van der Waals surface area contributed by atoms with Gasteiger partial charge in [-0.2, -0.15) is 0 Å². The Morgan fingerprint density at radius 2 is 1.47 bits per heavy atom. The first-order valence-electron chi connectivity index (χ1n) is 6.50. The predicted octanol–water partition coefficient (Wildman–Crippen LogP) is 3.74. The summed E-state index contributed by atoms with van der Waals surface area (Å²) in [5, 5.41) is 2.30. The van der Waals surface area contributed by atoms with Crippen LogP contribution < -0.4 is 0 Å². The van der Waals surface area contributed by atoms with Gasteiger partial charge < -0.3 is 0 Å². The fraction of sp³-hybridized carbons (Fsp3) is 0.294. The fourth-order valence-corrected chi connectivity index (χ4v) is 2.67. The van der Waals surface area contributed by atoms with E-state index in [9.17, 15) is 9.59 Å². The first-order chi connectivity index (χ1) is 9.00. The van der Waals surface area contributed by atoms with E-state index in [4.69, 9.17) is 0 Å². The lowest BCUT2D eigenvalue weighted by Crippen LogP contribution is -2.25. The van der Waals surface area contributed by atoms with Gasteiger partial charge >= 0.3 is 0 Å². The van der Waals surface area contributed by atoms with Gasteiger partial charge in [-0.05, 0) is 36.1 Å². The number of hydrogen-bond acceptors (Lipinski definition) is 2. The van der Waals surface area contributed by atoms with Crippen LogP contribution >= 0.6 is 0 Å². The van der Waals surface area contributed by atoms with E-state index in [0.29, 0.717) is 0 Å². The molecule has 2 nitrogen and oxygen atoms in total. The van der Waals surface area contributed by atoms with Crippen LogP contribution in [0.1, 0.15) is 32.3 Å². The van der Waals surface area contributed by atoms with Crippen molar-refractivity contribution in [3.8, 4) is 0 Å². The lowest BCUT2D eigenvalue weighted by Gasteiger charge is -2.19. The van der Waals surface area contributed by atoms with Gasteiger partial charge in [-0.3, -0.25) is 9.59 Å². The zero-order valence-electron chi connectivity index (χ0n) is 11.5. The highest BCUT2D eigenvalue weighted by atomic mass is 16.1. The molecule has 0 fully saturated rings. The van der Waals surface area contributed by atoms with E-state index in [1.807, 2.05) is 37.3 Å². The summed E-state index contributed by atoms with van der Waals surface area (Å²) in [5.74, 6) is -0.748. The molecule has 0 saturated carbocycles. The van der Waals surface area contributed by atoms with Gasteiger partial charge in [0, 0.05) is 0 Å². The van der Waals surface area contributed by atoms with Crippen molar-refractivity contribution >= 4 is 22.3 Å². The average Bonchev–Trinajstić information content (AvgIpc) is 2.37. The highest BCUT2D eigenvalue weighted by Crippen LogP contribution is 2.28. The number of benzene rings is 2. The molecule has 0 aromatic heterocycles. The summed E-state index contributed by atoms with van der Waals surface area (Å²) in [7, 11) is 0. The van der Waals surface area contributed by atoms with Crippen LogP contribution in [0.25, 0.3) is 10.8 Å². The maximum Gasteiger partial charge on any atom is 0.140 e. The molecule has 0 amide bonds. The standard InChI is InChI=1S/C17H18O2/c1-11(17(12(2)18)13(3)19)15-9-8-14-6-4-5-7-16(14)10-15/h4-11,17H,1-3H3. The highest BCUT2D eigenvalue weighted by molar-refractivity contribution is 6.01. The predicted molar refractivity (Wildman–Crippen MR) is 77.2 cm³/mol. The third-order valence-electron chi connectivity index (χ3n) is 3.68. The number of rotatable bonds is 4. The van der Waals surface area contributed by atoms with Gasteiger partial charge in [0.05, 0.1) is 5.92 Å². The molecule has 0 aliphatic carbocycles. The summed E-state index contributed by atoms with van der Waals surface area (Å²) < 4.78 is 0. The van der Waals surface area contributed by atoms with Gasteiger partial charge in [-0.15, -0.1) is 0 Å². The molecule has 0 radical (unpaired) electrons. The Labute approximate surface area is 113 Å². The van der Waals surface area contributed by atoms with E-state index >= 15 is 0 Å². The summed E-state index contributed by atoms with van der Waals surface area (Å²) in [6.07, 6.45) is 0. The summed E-state index contributed by atoms with van der Waals surface area (Å²) in [6.45, 7) is 4.92. The number of Topliss-reactive ketones (excluding diaryl/α,β-unsaturated/α-hetero) is 2. The zero-order valence-corrected chi connectivity index (χ0v) is 11.5. The van der Waals surface area contributed by atoms with Crippen LogP contribution in [0.3, 0.4) is 0 Å². The van der Waals surface area contributed by atoms with E-state index in [-0.39, 0.29) is 17.5 Å². The molecule has 0 aliphatic rings. The first kappa shape index (κ1) is 13.5. The minimum Gasteiger partial charge on any atom is -0.299 e. The number of carbonyl (C=O) groups is 2. The minimum atomic E-state index is -0.541. The first-order valence-corrected chi connectivity index (χ1v) is 6.50. The molecule has 0 heterocycles. The van der Waals surface area contributed by atoms with Crippen LogP contribution in [0.4, 0.5) is 0 Å². The smallest absolute Gasteiger partial charge is 0.140 e. The SMILES string of the molecule is CC(=O)C(C(C)=O)C(C)c1ccc2ccccc2c1. The molecule has 1 atom stereocenters. The Morgan fingerprint density at radius 1 is 0.895 bits per heavy atom. The molecular weight excluding hydrogens is 236 g/mol. The van der Waals surface area contributed by atoms with Crippen molar-refractivity contribution in [2.24, 2.45) is 5.92 Å². The van der Waals surface area contributed by atoms with Crippen molar-refractivity contribution in [2.75, 3.05) is 0 Å². The summed E-state index contributed by atoms with van der Waals surface area (Å²) in [4.78, 5) is 23.3. The lowest BCUT2D eigenvalue weighted by molar-refractivity contribution is -0.131. The third-order valence-corrected chi connectivity index (χ3v) is 3.68. The maximum atomic E-state index is 11.6. The van der Waals surface area contributed by atoms with E-state index in [2.05, 4.69) is 12.1 Å². The van der Waals surface area contributed by atoms with Crippen LogP contribution in [-0.2, 0) is 9.59 Å². The number of carbonyl (C=O) groups excluding carboxylic acids is 2. The molecule has 2 rings (SSSR count). The molecule has 98 valence electrons. The second-order valence-electron chi connectivity index (χ2n) is 5.09. The van der Waals surface area contributed by atoms with Gasteiger partial charge in [-0.25, -0.2) is 0 Å². The molecule has 19 heavy (non-hydrogen) atoms. The van der Waals surface area contributed by atoms with Gasteiger partial charge in [0.2, 0.25) is 0 Å². The van der Waals surface area contributed by atoms with Crippen molar-refractivity contribution < 1.29 is 9.59 Å². The van der Waals surface area contributed by atoms with Crippen LogP contribution in [0, 0.1) is 5.92 Å². The topological polar surface area (TPSA) is 34.1 Å². The van der Waals surface area contributed by atoms with E-state index in [0.717, 1.165) is 10.9 Å². The lowest BCUT2D eigenvalue weighted by atomic mass is 9.82. The average molecular weight is 254 g/mol. The van der Waals surface area contributed by atoms with Gasteiger partial charge in [0.15, 0.2) is 0 Å². The number of hydrogen-bond donors (Lipinski definition) is 0. The molecular formula is C17H18O2. The largest absolute Gasteiger partial charge is 0.299 e. The quantitative estimate of drug-likeness (QED) is 0.779. The molecule has 1 unspecified atom stereocenters. The van der Waals surface area contributed by atoms with Crippen LogP contribution in [0.5, 0.6) is 0 Å². The second kappa shape index (κ2) is 5.35. The fourth-order valence-electron chi connectivity index (χ4n) is 2.67. The minimum absolute atomic E-state index is 0.0619. The Hall–Kier alpha value is -1.96. The Balaban J connectivity index is 2.42. The van der Waals surface area contributed by atoms with Crippen LogP contribution in [0.15, 0.2) is 42.5 Å². The summed E-state index contributed by atoms with van der Waals surface area (Å²) >= 11 is 0. The van der Waals surface area contributed by atoms with Gasteiger partial charge in [0.1, 0.15) is 11.6 Å². The molecule has 0 saturated heterocycles.